The quantitative estimate of drug-likeness (QED) is 0.170. The minimum absolute atomic E-state index is 0.0394. The number of nitrogens with zero attached hydrogens (tertiary/aromatic N) is 1. The smallest absolute Gasteiger partial charge is 0.311 e. The Morgan fingerprint density at radius 2 is 1.62 bits per heavy atom. The molecule has 0 aliphatic carbocycles. The molecule has 0 saturated carbocycles. The van der Waals surface area contributed by atoms with E-state index < -0.39 is 107 Å². The fraction of sp³-hybridized carbons (Fsp3) is 0.783. The second-order valence-electron chi connectivity index (χ2n) is 19.8. The summed E-state index contributed by atoms with van der Waals surface area (Å²) in [5.41, 5.74) is -3.95. The molecule has 17 atom stereocenters. The number of aliphatic hydroxyl groups is 5. The Bertz CT molecular complexity index is 1820. The Morgan fingerprint density at radius 3 is 2.27 bits per heavy atom. The summed E-state index contributed by atoms with van der Waals surface area (Å²) in [7, 11) is 0. The summed E-state index contributed by atoms with van der Waals surface area (Å²) in [5.74, 6) is -5.86. The van der Waals surface area contributed by atoms with Crippen molar-refractivity contribution in [1.82, 2.24) is 10.5 Å². The van der Waals surface area contributed by atoms with E-state index in [0.717, 1.165) is 9.75 Å². The molecule has 2 aromatic heterocycles. The molecule has 0 radical (unpaired) electrons. The van der Waals surface area contributed by atoms with E-state index in [1.807, 2.05) is 39.8 Å². The van der Waals surface area contributed by atoms with Crippen molar-refractivity contribution < 1.29 is 68.1 Å². The molecule has 3 aliphatic heterocycles. The van der Waals surface area contributed by atoms with Crippen molar-refractivity contribution in [2.24, 2.45) is 35.0 Å². The van der Waals surface area contributed by atoms with Gasteiger partial charge >= 0.3 is 5.97 Å². The molecule has 0 aromatic carbocycles. The lowest BCUT2D eigenvalue weighted by Crippen LogP contribution is -2.59. The van der Waals surface area contributed by atoms with Gasteiger partial charge in [-0.15, -0.1) is 11.3 Å². The first-order valence-corrected chi connectivity index (χ1v) is 23.3. The first-order valence-electron chi connectivity index (χ1n) is 22.4. The minimum atomic E-state index is -2.19. The fourth-order valence-electron chi connectivity index (χ4n) is 9.71. The maximum Gasteiger partial charge on any atom is 0.311 e. The van der Waals surface area contributed by atoms with Crippen LogP contribution in [0.2, 0.25) is 0 Å². The summed E-state index contributed by atoms with van der Waals surface area (Å²) in [6.07, 6.45) is -7.75. The van der Waals surface area contributed by atoms with Crippen molar-refractivity contribution in [2.45, 2.75) is 187 Å². The number of carbonyl (C=O) groups excluding carboxylic acids is 3. The van der Waals surface area contributed by atoms with Crippen molar-refractivity contribution in [3.05, 3.63) is 29.3 Å². The van der Waals surface area contributed by atoms with Gasteiger partial charge in [0.15, 0.2) is 12.6 Å². The van der Waals surface area contributed by atoms with Crippen LogP contribution in [-0.2, 0) is 44.5 Å². The summed E-state index contributed by atoms with van der Waals surface area (Å²) in [5, 5.41) is 65.3. The molecule has 0 spiro atoms. The van der Waals surface area contributed by atoms with Gasteiger partial charge in [-0.1, -0.05) is 46.7 Å². The molecule has 3 aliphatic rings. The molecule has 17 heteroatoms. The van der Waals surface area contributed by atoms with Crippen LogP contribution in [0.1, 0.15) is 113 Å². The standard InChI is InChI=1S/C46H72N2O14S/c1-23-20-25(3)58-43(37(23)51)62-41-27(5)38(61-35-22-44(8,9)40(53)29(7)59-35)28(6)42(54)60-33(46(11,56)39(52)26(4)36(50)24(2)21-45(41,10)55)16-18-47-34(49)15-13-30-12-14-32(63-30)31-17-19-57-48-31/h12,14,17,19,23-29,33,35,37-41,43,51-53,55-56H,13,15-16,18,20-22H2,1-11H3,(H,47,49)/t23?,24-,25?,26+,27+,28-,29?,33-,35?,37?,38+,39-,40?,41-,43?,45-,46-/m1/s1. The number of aliphatic hydroxyl groups excluding tert-OH is 3. The molecule has 2 aromatic rings. The topological polar surface area (TPSA) is 237 Å². The third-order valence-electron chi connectivity index (χ3n) is 13.6. The number of hydrogen-bond donors (Lipinski definition) is 6. The second-order valence-corrected chi connectivity index (χ2v) is 20.9. The summed E-state index contributed by atoms with van der Waals surface area (Å²) in [6, 6.07) is 5.59. The molecule has 0 bridgehead atoms. The molecule has 356 valence electrons. The number of esters is 1. The number of ether oxygens (including phenoxy) is 5. The summed E-state index contributed by atoms with van der Waals surface area (Å²) < 4.78 is 36.6. The number of nitrogens with one attached hydrogen (secondary N) is 1. The van der Waals surface area contributed by atoms with Gasteiger partial charge in [-0.3, -0.25) is 14.4 Å². The third-order valence-corrected chi connectivity index (χ3v) is 14.8. The van der Waals surface area contributed by atoms with Gasteiger partial charge in [0, 0.05) is 54.5 Å². The zero-order chi connectivity index (χ0) is 46.8. The molecule has 7 unspecified atom stereocenters. The Morgan fingerprint density at radius 1 is 0.921 bits per heavy atom. The number of carbonyl (C=O) groups is 3. The van der Waals surface area contributed by atoms with Crippen molar-refractivity contribution in [3.63, 3.8) is 0 Å². The molecule has 63 heavy (non-hydrogen) atoms. The van der Waals surface area contributed by atoms with Crippen LogP contribution < -0.4 is 5.32 Å². The van der Waals surface area contributed by atoms with E-state index in [-0.39, 0.29) is 50.2 Å². The number of aryl methyl sites for hydroxylation is 1. The van der Waals surface area contributed by atoms with Gasteiger partial charge < -0.3 is 59.1 Å². The van der Waals surface area contributed by atoms with Crippen LogP contribution in [-0.4, -0.2) is 128 Å². The minimum Gasteiger partial charge on any atom is -0.459 e. The van der Waals surface area contributed by atoms with E-state index in [2.05, 4.69) is 10.5 Å². The summed E-state index contributed by atoms with van der Waals surface area (Å²) in [4.78, 5) is 43.6. The average Bonchev–Trinajstić information content (AvgIpc) is 3.92. The predicted molar refractivity (Wildman–Crippen MR) is 232 cm³/mol. The van der Waals surface area contributed by atoms with Crippen molar-refractivity contribution in [3.8, 4) is 10.6 Å². The summed E-state index contributed by atoms with van der Waals surface area (Å²) >= 11 is 1.50. The van der Waals surface area contributed by atoms with Crippen LogP contribution >= 0.6 is 11.3 Å². The van der Waals surface area contributed by atoms with E-state index in [0.29, 0.717) is 18.5 Å². The number of Topliss-reactive ketones (excluding diaryl/α,β-unsaturated/α-hetero) is 1. The summed E-state index contributed by atoms with van der Waals surface area (Å²) in [6.45, 7) is 18.4. The van der Waals surface area contributed by atoms with Gasteiger partial charge in [-0.25, -0.2) is 0 Å². The van der Waals surface area contributed by atoms with Crippen molar-refractivity contribution >= 4 is 29.0 Å². The van der Waals surface area contributed by atoms with Crippen LogP contribution in [0.4, 0.5) is 0 Å². The van der Waals surface area contributed by atoms with Crippen LogP contribution in [0, 0.1) is 35.0 Å². The first-order chi connectivity index (χ1) is 29.3. The molecule has 3 fully saturated rings. The van der Waals surface area contributed by atoms with Crippen LogP contribution in [0.15, 0.2) is 29.0 Å². The normalized spacial score (nSPS) is 40.8. The van der Waals surface area contributed by atoms with Crippen LogP contribution in [0.25, 0.3) is 10.6 Å². The zero-order valence-corrected chi connectivity index (χ0v) is 39.5. The number of hydrogen-bond acceptors (Lipinski definition) is 16. The van der Waals surface area contributed by atoms with Gasteiger partial charge in [0.25, 0.3) is 0 Å². The predicted octanol–water partition coefficient (Wildman–Crippen LogP) is 4.56. The highest BCUT2D eigenvalue weighted by Gasteiger charge is 2.53. The second kappa shape index (κ2) is 20.8. The highest BCUT2D eigenvalue weighted by atomic mass is 32.1. The number of aromatic nitrogens is 1. The average molecular weight is 909 g/mol. The zero-order valence-electron chi connectivity index (χ0n) is 38.7. The van der Waals surface area contributed by atoms with E-state index in [1.165, 1.54) is 38.4 Å². The highest BCUT2D eigenvalue weighted by Crippen LogP contribution is 2.42. The molecule has 5 rings (SSSR count). The van der Waals surface area contributed by atoms with Crippen LogP contribution in [0.3, 0.4) is 0 Å². The Kier molecular flexibility index (Phi) is 16.9. The number of ketones is 1. The molecule has 3 saturated heterocycles. The first kappa shape index (κ1) is 51.1. The SMILES string of the molecule is CC1CC(C)C(O)C(O[C@@H]2[C@@H](C)[C@H](OC3CC(C)(C)C(O)C(C)O3)[C@@H](C)C(=O)O[C@H](CCNC(=O)CCc3ccc(-c4ccon4)s3)[C@@](C)(O)[C@H](O)[C@@H](C)C(=O)[C@H](C)C[C@@]2(C)O)O1. The van der Waals surface area contributed by atoms with Crippen molar-refractivity contribution in [2.75, 3.05) is 6.54 Å². The molecular weight excluding hydrogens is 837 g/mol. The van der Waals surface area contributed by atoms with Crippen LogP contribution in [0.5, 0.6) is 0 Å². The van der Waals surface area contributed by atoms with Gasteiger partial charge in [-0.05, 0) is 77.3 Å². The van der Waals surface area contributed by atoms with E-state index >= 15 is 0 Å². The van der Waals surface area contributed by atoms with Gasteiger partial charge in [0.1, 0.15) is 35.5 Å². The molecule has 1 amide bonds. The highest BCUT2D eigenvalue weighted by molar-refractivity contribution is 7.15. The van der Waals surface area contributed by atoms with E-state index in [9.17, 15) is 39.9 Å². The van der Waals surface area contributed by atoms with Gasteiger partial charge in [-0.2, -0.15) is 0 Å². The van der Waals surface area contributed by atoms with E-state index in [1.54, 1.807) is 33.8 Å². The molecule has 6 N–H and O–H groups in total. The Hall–Kier alpha value is -2.84. The largest absolute Gasteiger partial charge is 0.459 e. The molecular formula is C46H72N2O14S. The lowest BCUT2D eigenvalue weighted by molar-refractivity contribution is -0.312. The van der Waals surface area contributed by atoms with E-state index in [4.69, 9.17) is 28.2 Å². The Balaban J connectivity index is 1.44. The fourth-order valence-corrected chi connectivity index (χ4v) is 10.7. The maximum atomic E-state index is 14.6. The third kappa shape index (κ3) is 12.1. The van der Waals surface area contributed by atoms with Gasteiger partial charge in [0.05, 0.1) is 53.0 Å². The number of amides is 1. The Labute approximate surface area is 375 Å². The number of rotatable bonds is 11. The lowest BCUT2D eigenvalue weighted by Gasteiger charge is -2.48. The lowest BCUT2D eigenvalue weighted by atomic mass is 9.74. The number of cyclic esters (lactones) is 1. The maximum absolute atomic E-state index is 14.6. The van der Waals surface area contributed by atoms with Gasteiger partial charge in [0.2, 0.25) is 5.91 Å². The monoisotopic (exact) mass is 908 g/mol. The molecule has 16 nitrogen and oxygen atoms in total. The molecule has 5 heterocycles. The number of thiophene rings is 1. The van der Waals surface area contributed by atoms with Crippen molar-refractivity contribution in [1.29, 1.82) is 0 Å².